The van der Waals surface area contributed by atoms with Gasteiger partial charge in [-0.1, -0.05) is 30.3 Å². The summed E-state index contributed by atoms with van der Waals surface area (Å²) in [5.41, 5.74) is 1.81. The van der Waals surface area contributed by atoms with E-state index >= 15 is 0 Å². The van der Waals surface area contributed by atoms with Crippen LogP contribution in [0.5, 0.6) is 0 Å². The summed E-state index contributed by atoms with van der Waals surface area (Å²) in [4.78, 5) is 27.5. The van der Waals surface area contributed by atoms with Crippen LogP contribution in [-0.4, -0.2) is 36.3 Å². The van der Waals surface area contributed by atoms with Gasteiger partial charge in [-0.25, -0.2) is 0 Å². The van der Waals surface area contributed by atoms with Gasteiger partial charge in [-0.05, 0) is 42.3 Å². The first-order chi connectivity index (χ1) is 12.0. The van der Waals surface area contributed by atoms with E-state index in [4.69, 9.17) is 0 Å². The first-order valence-corrected chi connectivity index (χ1v) is 9.59. The summed E-state index contributed by atoms with van der Waals surface area (Å²) in [7, 11) is 0. The van der Waals surface area contributed by atoms with E-state index in [9.17, 15) is 9.59 Å². The predicted molar refractivity (Wildman–Crippen MR) is 101 cm³/mol. The quantitative estimate of drug-likeness (QED) is 0.893. The van der Waals surface area contributed by atoms with Crippen molar-refractivity contribution in [3.63, 3.8) is 0 Å². The van der Waals surface area contributed by atoms with Crippen LogP contribution in [0, 0.1) is 5.41 Å². The van der Waals surface area contributed by atoms with Gasteiger partial charge >= 0.3 is 0 Å². The highest BCUT2D eigenvalue weighted by Gasteiger charge is 2.45. The molecule has 0 unspecified atom stereocenters. The number of thiophene rings is 1. The molecule has 0 radical (unpaired) electrons. The molecular weight excluding hydrogens is 332 g/mol. The molecule has 5 heteroatoms. The van der Waals surface area contributed by atoms with E-state index in [0.29, 0.717) is 32.5 Å². The van der Waals surface area contributed by atoms with Gasteiger partial charge in [0, 0.05) is 31.4 Å². The van der Waals surface area contributed by atoms with E-state index in [0.717, 1.165) is 5.56 Å². The highest BCUT2D eigenvalue weighted by Crippen LogP contribution is 2.35. The van der Waals surface area contributed by atoms with Gasteiger partial charge in [0.05, 0.1) is 5.41 Å². The number of nitrogens with zero attached hydrogens (tertiary/aromatic N) is 1. The molecule has 1 N–H and O–H groups in total. The fourth-order valence-corrected chi connectivity index (χ4v) is 4.25. The third-order valence-corrected chi connectivity index (χ3v) is 5.84. The van der Waals surface area contributed by atoms with Gasteiger partial charge in [-0.2, -0.15) is 0 Å². The molecule has 2 aromatic rings. The Morgan fingerprint density at radius 2 is 2.00 bits per heavy atom. The number of nitrogens with one attached hydrogen (secondary N) is 1. The number of hydrogen-bond acceptors (Lipinski definition) is 3. The zero-order valence-electron chi connectivity index (χ0n) is 14.7. The molecule has 0 aliphatic carbocycles. The molecule has 3 rings (SSSR count). The van der Waals surface area contributed by atoms with E-state index in [2.05, 4.69) is 41.0 Å². The standard InChI is InChI=1S/C20H24N2O2S/c1-3-21-19(24)20(10-11-22(14-20)15(2)23)13-16-6-8-17(9-7-16)18-5-4-12-25-18/h4-9,12H,3,10-11,13-14H2,1-2H3,(H,21,24)/t20-/m1/s1. The molecule has 0 spiro atoms. The van der Waals surface area contributed by atoms with Gasteiger partial charge in [-0.15, -0.1) is 11.3 Å². The van der Waals surface area contributed by atoms with E-state index in [1.807, 2.05) is 13.0 Å². The molecule has 1 atom stereocenters. The molecule has 132 valence electrons. The topological polar surface area (TPSA) is 49.4 Å². The summed E-state index contributed by atoms with van der Waals surface area (Å²) in [5, 5.41) is 5.04. The second-order valence-electron chi connectivity index (χ2n) is 6.68. The minimum atomic E-state index is -0.522. The molecule has 4 nitrogen and oxygen atoms in total. The third-order valence-electron chi connectivity index (χ3n) is 4.92. The van der Waals surface area contributed by atoms with Gasteiger partial charge in [0.15, 0.2) is 0 Å². The minimum Gasteiger partial charge on any atom is -0.356 e. The average molecular weight is 356 g/mol. The van der Waals surface area contributed by atoms with Crippen molar-refractivity contribution in [3.05, 3.63) is 47.3 Å². The van der Waals surface area contributed by atoms with Gasteiger partial charge in [0.25, 0.3) is 0 Å². The first-order valence-electron chi connectivity index (χ1n) is 8.71. The number of likely N-dealkylation sites (tertiary alicyclic amines) is 1. The number of carbonyl (C=O) groups excluding carboxylic acids is 2. The Bertz CT molecular complexity index is 740. The number of amides is 2. The smallest absolute Gasteiger partial charge is 0.228 e. The Morgan fingerprint density at radius 1 is 1.24 bits per heavy atom. The molecule has 25 heavy (non-hydrogen) atoms. The Labute approximate surface area is 152 Å². The fraction of sp³-hybridized carbons (Fsp3) is 0.400. The highest BCUT2D eigenvalue weighted by atomic mass is 32.1. The van der Waals surface area contributed by atoms with Crippen molar-refractivity contribution >= 4 is 23.2 Å². The van der Waals surface area contributed by atoms with Crippen LogP contribution in [0.15, 0.2) is 41.8 Å². The van der Waals surface area contributed by atoms with Crippen molar-refractivity contribution in [1.82, 2.24) is 10.2 Å². The second-order valence-corrected chi connectivity index (χ2v) is 7.63. The summed E-state index contributed by atoms with van der Waals surface area (Å²) < 4.78 is 0. The lowest BCUT2D eigenvalue weighted by Gasteiger charge is -2.28. The van der Waals surface area contributed by atoms with Crippen LogP contribution in [0.25, 0.3) is 10.4 Å². The maximum Gasteiger partial charge on any atom is 0.228 e. The minimum absolute atomic E-state index is 0.0409. The van der Waals surface area contributed by atoms with Crippen LogP contribution < -0.4 is 5.32 Å². The zero-order valence-corrected chi connectivity index (χ0v) is 15.6. The Balaban J connectivity index is 1.81. The Morgan fingerprint density at radius 3 is 2.56 bits per heavy atom. The van der Waals surface area contributed by atoms with Crippen molar-refractivity contribution in [2.24, 2.45) is 5.41 Å². The molecule has 1 aliphatic rings. The van der Waals surface area contributed by atoms with Gasteiger partial charge in [-0.3, -0.25) is 9.59 Å². The molecule has 2 amide bonds. The van der Waals surface area contributed by atoms with Crippen molar-refractivity contribution in [1.29, 1.82) is 0 Å². The average Bonchev–Trinajstić information content (AvgIpc) is 3.26. The van der Waals surface area contributed by atoms with Gasteiger partial charge in [0.1, 0.15) is 0 Å². The lowest BCUT2D eigenvalue weighted by molar-refractivity contribution is -0.132. The molecule has 0 bridgehead atoms. The van der Waals surface area contributed by atoms with Crippen molar-refractivity contribution in [3.8, 4) is 10.4 Å². The Hall–Kier alpha value is -2.14. The van der Waals surface area contributed by atoms with Gasteiger partial charge < -0.3 is 10.2 Å². The molecule has 1 aromatic heterocycles. The molecule has 1 saturated heterocycles. The Kier molecular flexibility index (Phi) is 5.23. The number of hydrogen-bond donors (Lipinski definition) is 1. The first kappa shape index (κ1) is 17.7. The van der Waals surface area contributed by atoms with Crippen LogP contribution in [0.3, 0.4) is 0 Å². The summed E-state index contributed by atoms with van der Waals surface area (Å²) in [6, 6.07) is 12.6. The lowest BCUT2D eigenvalue weighted by atomic mass is 9.79. The molecule has 0 saturated carbocycles. The summed E-state index contributed by atoms with van der Waals surface area (Å²) >= 11 is 1.72. The maximum atomic E-state index is 12.7. The number of benzene rings is 1. The zero-order chi connectivity index (χ0) is 17.9. The van der Waals surface area contributed by atoms with Crippen LogP contribution in [-0.2, 0) is 16.0 Å². The van der Waals surface area contributed by atoms with E-state index in [1.54, 1.807) is 23.2 Å². The second kappa shape index (κ2) is 7.40. The molecular formula is C20H24N2O2S. The molecule has 1 fully saturated rings. The summed E-state index contributed by atoms with van der Waals surface area (Å²) in [6.07, 6.45) is 1.37. The summed E-state index contributed by atoms with van der Waals surface area (Å²) in [6.45, 7) is 5.27. The normalized spacial score (nSPS) is 19.8. The molecule has 2 heterocycles. The number of rotatable bonds is 5. The fourth-order valence-electron chi connectivity index (χ4n) is 3.52. The SMILES string of the molecule is CCNC(=O)[C@@]1(Cc2ccc(-c3cccs3)cc2)CCN(C(C)=O)C1. The van der Waals surface area contributed by atoms with Crippen LogP contribution in [0.2, 0.25) is 0 Å². The molecule has 1 aromatic carbocycles. The van der Waals surface area contributed by atoms with Crippen LogP contribution in [0.1, 0.15) is 25.8 Å². The lowest BCUT2D eigenvalue weighted by Crippen LogP contribution is -2.45. The number of carbonyl (C=O) groups is 2. The van der Waals surface area contributed by atoms with Crippen LogP contribution >= 0.6 is 11.3 Å². The van der Waals surface area contributed by atoms with E-state index in [-0.39, 0.29) is 11.8 Å². The largest absolute Gasteiger partial charge is 0.356 e. The highest BCUT2D eigenvalue weighted by molar-refractivity contribution is 7.13. The third kappa shape index (κ3) is 3.76. The monoisotopic (exact) mass is 356 g/mol. The van der Waals surface area contributed by atoms with E-state index < -0.39 is 5.41 Å². The molecule has 1 aliphatic heterocycles. The van der Waals surface area contributed by atoms with Crippen LogP contribution in [0.4, 0.5) is 0 Å². The van der Waals surface area contributed by atoms with Gasteiger partial charge in [0.2, 0.25) is 11.8 Å². The van der Waals surface area contributed by atoms with Crippen molar-refractivity contribution in [2.45, 2.75) is 26.7 Å². The van der Waals surface area contributed by atoms with Crippen molar-refractivity contribution < 1.29 is 9.59 Å². The summed E-state index contributed by atoms with van der Waals surface area (Å²) in [5.74, 6) is 0.0975. The predicted octanol–water partition coefficient (Wildman–Crippen LogP) is 3.33. The van der Waals surface area contributed by atoms with Crippen molar-refractivity contribution in [2.75, 3.05) is 19.6 Å². The maximum absolute atomic E-state index is 12.7. The van der Waals surface area contributed by atoms with E-state index in [1.165, 1.54) is 10.4 Å².